The van der Waals surface area contributed by atoms with Crippen LogP contribution < -0.4 is 10.6 Å². The summed E-state index contributed by atoms with van der Waals surface area (Å²) in [4.78, 5) is 6.04. The van der Waals surface area contributed by atoms with Crippen LogP contribution in [0.3, 0.4) is 0 Å². The van der Waals surface area contributed by atoms with Crippen molar-refractivity contribution in [2.75, 3.05) is 0 Å². The molecule has 0 spiro atoms. The average Bonchev–Trinajstić information content (AvgIpc) is 2.73. The lowest BCUT2D eigenvalue weighted by Crippen LogP contribution is -2.49. The van der Waals surface area contributed by atoms with E-state index in [1.165, 1.54) is 22.7 Å². The number of fused-ring (bicyclic) bond motifs is 1. The van der Waals surface area contributed by atoms with Gasteiger partial charge >= 0.3 is 0 Å². The molecule has 0 N–H and O–H groups in total. The molecule has 2 aromatic rings. The first-order chi connectivity index (χ1) is 10.3. The van der Waals surface area contributed by atoms with E-state index in [-0.39, 0.29) is 5.34 Å². The van der Waals surface area contributed by atoms with E-state index in [1.807, 2.05) is 0 Å². The molecule has 1 aliphatic heterocycles. The van der Waals surface area contributed by atoms with Gasteiger partial charge in [-0.1, -0.05) is 65.8 Å². The zero-order valence-corrected chi connectivity index (χ0v) is 13.0. The highest BCUT2D eigenvalue weighted by Gasteiger charge is 2.60. The first-order valence-corrected chi connectivity index (χ1v) is 8.78. The number of rotatable bonds is 3. The van der Waals surface area contributed by atoms with Crippen LogP contribution in [0.4, 0.5) is 0 Å². The van der Waals surface area contributed by atoms with Crippen LogP contribution in [0.1, 0.15) is 19.8 Å². The van der Waals surface area contributed by atoms with Gasteiger partial charge in [0.05, 0.1) is 5.71 Å². The van der Waals surface area contributed by atoms with E-state index < -0.39 is 7.92 Å². The normalized spacial score (nSPS) is 26.8. The largest absolute Gasteiger partial charge is 0.383 e. The summed E-state index contributed by atoms with van der Waals surface area (Å²) >= 11 is 0. The minimum Gasteiger partial charge on any atom is -0.383 e. The number of nitrogens with zero attached hydrogens (tertiary/aromatic N) is 1. The van der Waals surface area contributed by atoms with Crippen LogP contribution in [-0.2, 0) is 4.84 Å². The Labute approximate surface area is 126 Å². The molecule has 1 fully saturated rings. The Hall–Kier alpha value is -1.66. The SMILES string of the molecule is CC1=NO[C@]2(P(c3ccccc3)c3ccccc3)CC[C@H]12. The third-order valence-corrected chi connectivity index (χ3v) is 7.60. The second-order valence-corrected chi connectivity index (χ2v) is 8.23. The lowest BCUT2D eigenvalue weighted by atomic mass is 9.79. The van der Waals surface area contributed by atoms with Crippen LogP contribution >= 0.6 is 7.92 Å². The second-order valence-electron chi connectivity index (χ2n) is 5.77. The molecule has 2 atom stereocenters. The molecule has 4 rings (SSSR count). The van der Waals surface area contributed by atoms with E-state index in [0.29, 0.717) is 5.92 Å². The standard InChI is InChI=1S/C18H18NOP/c1-14-17-12-13-18(17,20-19-14)21(15-8-4-2-5-9-15)16-10-6-3-7-11-16/h2-11,17H,12-13H2,1H3/t17-,18+/m1/s1. The Morgan fingerprint density at radius 3 is 2.00 bits per heavy atom. The molecular formula is C18H18NOP. The van der Waals surface area contributed by atoms with Crippen molar-refractivity contribution in [1.82, 2.24) is 0 Å². The van der Waals surface area contributed by atoms with Gasteiger partial charge in [0.25, 0.3) is 0 Å². The van der Waals surface area contributed by atoms with E-state index >= 15 is 0 Å². The van der Waals surface area contributed by atoms with Crippen LogP contribution in [0.2, 0.25) is 0 Å². The van der Waals surface area contributed by atoms with E-state index in [9.17, 15) is 0 Å². The molecule has 2 nitrogen and oxygen atoms in total. The molecule has 21 heavy (non-hydrogen) atoms. The van der Waals surface area contributed by atoms with E-state index in [1.54, 1.807) is 0 Å². The molecule has 1 saturated carbocycles. The molecule has 1 aliphatic carbocycles. The number of oxime groups is 1. The Bertz CT molecular complexity index is 631. The summed E-state index contributed by atoms with van der Waals surface area (Å²) in [6.07, 6.45) is 2.31. The van der Waals surface area contributed by atoms with Crippen molar-refractivity contribution in [3.8, 4) is 0 Å². The first kappa shape index (κ1) is 13.0. The topological polar surface area (TPSA) is 21.6 Å². The molecule has 2 aliphatic rings. The predicted molar refractivity (Wildman–Crippen MR) is 88.7 cm³/mol. The summed E-state index contributed by atoms with van der Waals surface area (Å²) in [6, 6.07) is 21.6. The first-order valence-electron chi connectivity index (χ1n) is 7.44. The van der Waals surface area contributed by atoms with Crippen molar-refractivity contribution in [2.45, 2.75) is 25.1 Å². The molecule has 2 aromatic carbocycles. The molecule has 3 heteroatoms. The van der Waals surface area contributed by atoms with Gasteiger partial charge in [-0.25, -0.2) is 0 Å². The van der Waals surface area contributed by atoms with Crippen molar-refractivity contribution in [1.29, 1.82) is 0 Å². The molecule has 0 radical (unpaired) electrons. The van der Waals surface area contributed by atoms with Gasteiger partial charge in [0.15, 0.2) is 5.34 Å². The summed E-state index contributed by atoms with van der Waals surface area (Å²) in [6.45, 7) is 2.11. The lowest BCUT2D eigenvalue weighted by molar-refractivity contribution is -0.0260. The average molecular weight is 295 g/mol. The van der Waals surface area contributed by atoms with Crippen molar-refractivity contribution in [3.05, 3.63) is 60.7 Å². The highest BCUT2D eigenvalue weighted by atomic mass is 31.1. The monoisotopic (exact) mass is 295 g/mol. The van der Waals surface area contributed by atoms with Crippen LogP contribution in [-0.4, -0.2) is 11.1 Å². The lowest BCUT2D eigenvalue weighted by Gasteiger charge is -2.47. The third-order valence-electron chi connectivity index (χ3n) is 4.60. The van der Waals surface area contributed by atoms with Crippen LogP contribution in [0.25, 0.3) is 0 Å². The van der Waals surface area contributed by atoms with Crippen molar-refractivity contribution >= 4 is 24.2 Å². The van der Waals surface area contributed by atoms with Gasteiger partial charge in [-0.05, 0) is 30.4 Å². The summed E-state index contributed by atoms with van der Waals surface area (Å²) < 4.78 is 0. The molecular weight excluding hydrogens is 277 g/mol. The highest BCUT2D eigenvalue weighted by molar-refractivity contribution is 7.74. The number of benzene rings is 2. The molecule has 1 heterocycles. The van der Waals surface area contributed by atoms with Crippen molar-refractivity contribution < 1.29 is 4.84 Å². The minimum atomic E-state index is -0.550. The summed E-state index contributed by atoms with van der Waals surface area (Å²) in [5, 5.41) is 6.99. The predicted octanol–water partition coefficient (Wildman–Crippen LogP) is 3.63. The van der Waals surface area contributed by atoms with Gasteiger partial charge in [-0.15, -0.1) is 0 Å². The van der Waals surface area contributed by atoms with Crippen molar-refractivity contribution in [3.63, 3.8) is 0 Å². The van der Waals surface area contributed by atoms with Crippen LogP contribution in [0, 0.1) is 5.92 Å². The molecule has 0 saturated heterocycles. The maximum atomic E-state index is 6.04. The quantitative estimate of drug-likeness (QED) is 0.792. The fraction of sp³-hybridized carbons (Fsp3) is 0.278. The Kier molecular flexibility index (Phi) is 3.08. The molecule has 0 aromatic heterocycles. The minimum absolute atomic E-state index is 0.109. The van der Waals surface area contributed by atoms with Gasteiger partial charge < -0.3 is 4.84 Å². The van der Waals surface area contributed by atoms with Crippen LogP contribution in [0.15, 0.2) is 65.8 Å². The van der Waals surface area contributed by atoms with E-state index in [0.717, 1.165) is 6.42 Å². The zero-order valence-electron chi connectivity index (χ0n) is 12.1. The zero-order chi connectivity index (χ0) is 14.3. The van der Waals surface area contributed by atoms with Gasteiger partial charge in [0, 0.05) is 13.8 Å². The van der Waals surface area contributed by atoms with Crippen molar-refractivity contribution in [2.24, 2.45) is 11.1 Å². The Balaban J connectivity index is 1.82. The highest BCUT2D eigenvalue weighted by Crippen LogP contribution is 2.64. The summed E-state index contributed by atoms with van der Waals surface area (Å²) in [5.41, 5.74) is 1.17. The van der Waals surface area contributed by atoms with E-state index in [4.69, 9.17) is 4.84 Å². The smallest absolute Gasteiger partial charge is 0.171 e. The summed E-state index contributed by atoms with van der Waals surface area (Å²) in [5.74, 6) is 0.490. The fourth-order valence-corrected chi connectivity index (χ4v) is 6.66. The molecule has 0 unspecified atom stereocenters. The van der Waals surface area contributed by atoms with Crippen LogP contribution in [0.5, 0.6) is 0 Å². The van der Waals surface area contributed by atoms with Gasteiger partial charge in [-0.3, -0.25) is 0 Å². The van der Waals surface area contributed by atoms with Gasteiger partial charge in [0.2, 0.25) is 0 Å². The maximum Gasteiger partial charge on any atom is 0.171 e. The second kappa shape index (κ2) is 4.96. The fourth-order valence-electron chi connectivity index (χ4n) is 3.44. The Morgan fingerprint density at radius 1 is 1.00 bits per heavy atom. The number of hydrogen-bond donors (Lipinski definition) is 0. The van der Waals surface area contributed by atoms with Gasteiger partial charge in [0.1, 0.15) is 0 Å². The number of hydrogen-bond acceptors (Lipinski definition) is 2. The van der Waals surface area contributed by atoms with Gasteiger partial charge in [-0.2, -0.15) is 0 Å². The molecule has 106 valence electrons. The molecule has 0 bridgehead atoms. The molecule has 0 amide bonds. The Morgan fingerprint density at radius 2 is 1.57 bits per heavy atom. The third kappa shape index (κ3) is 1.93. The maximum absolute atomic E-state index is 6.04. The van der Waals surface area contributed by atoms with E-state index in [2.05, 4.69) is 72.7 Å². The summed E-state index contributed by atoms with van der Waals surface area (Å²) in [7, 11) is -0.550.